The van der Waals surface area contributed by atoms with Crippen LogP contribution in [0.4, 0.5) is 5.82 Å². The average molecular weight is 451 g/mol. The third-order valence-electron chi connectivity index (χ3n) is 6.68. The van der Waals surface area contributed by atoms with Crippen LogP contribution in [0.1, 0.15) is 61.9 Å². The van der Waals surface area contributed by atoms with E-state index in [9.17, 15) is 9.59 Å². The number of rotatable bonds is 5. The predicted molar refractivity (Wildman–Crippen MR) is 128 cm³/mol. The molecule has 0 N–H and O–H groups in total. The smallest absolute Gasteiger partial charge is 0.310 e. The van der Waals surface area contributed by atoms with Gasteiger partial charge in [-0.15, -0.1) is 0 Å². The first-order valence-electron chi connectivity index (χ1n) is 12.1. The third-order valence-corrected chi connectivity index (χ3v) is 6.68. The number of benzene rings is 1. The lowest BCUT2D eigenvalue weighted by Gasteiger charge is -2.37. The zero-order valence-corrected chi connectivity index (χ0v) is 19.9. The van der Waals surface area contributed by atoms with E-state index in [1.807, 2.05) is 32.0 Å². The van der Waals surface area contributed by atoms with Crippen molar-refractivity contribution in [3.8, 4) is 11.4 Å². The summed E-state index contributed by atoms with van der Waals surface area (Å²) in [5.41, 5.74) is 2.60. The number of aryl methyl sites for hydroxylation is 1. The molecule has 7 heteroatoms. The van der Waals surface area contributed by atoms with Crippen LogP contribution < -0.4 is 4.90 Å². The number of esters is 1. The number of carbonyl (C=O) groups excluding carboxylic acids is 2. The number of anilines is 1. The minimum absolute atomic E-state index is 0.104. The molecule has 0 saturated carbocycles. The average Bonchev–Trinajstić information content (AvgIpc) is 2.84. The highest BCUT2D eigenvalue weighted by atomic mass is 16.5. The molecule has 2 aliphatic rings. The molecule has 3 heterocycles. The number of amides is 1. The van der Waals surface area contributed by atoms with Crippen LogP contribution in [0.15, 0.2) is 30.5 Å². The maximum absolute atomic E-state index is 13.7. The number of piperidine rings is 2. The van der Waals surface area contributed by atoms with Crippen LogP contribution in [0.3, 0.4) is 0 Å². The lowest BCUT2D eigenvalue weighted by molar-refractivity contribution is -0.149. The predicted octanol–water partition coefficient (Wildman–Crippen LogP) is 4.25. The molecule has 33 heavy (non-hydrogen) atoms. The van der Waals surface area contributed by atoms with E-state index >= 15 is 0 Å². The van der Waals surface area contributed by atoms with E-state index in [-0.39, 0.29) is 17.8 Å². The van der Waals surface area contributed by atoms with E-state index in [1.165, 1.54) is 6.42 Å². The number of nitrogens with zero attached hydrogens (tertiary/aromatic N) is 4. The lowest BCUT2D eigenvalue weighted by atomic mass is 9.97. The molecule has 1 aromatic carbocycles. The van der Waals surface area contributed by atoms with Crippen molar-refractivity contribution >= 4 is 17.7 Å². The molecular weight excluding hydrogens is 416 g/mol. The van der Waals surface area contributed by atoms with Crippen LogP contribution in [0.2, 0.25) is 0 Å². The summed E-state index contributed by atoms with van der Waals surface area (Å²) in [7, 11) is 0. The van der Waals surface area contributed by atoms with E-state index in [1.54, 1.807) is 11.1 Å². The molecule has 4 rings (SSSR count). The Morgan fingerprint density at radius 1 is 1.15 bits per heavy atom. The van der Waals surface area contributed by atoms with Crippen LogP contribution in [0.5, 0.6) is 0 Å². The number of hydrogen-bond donors (Lipinski definition) is 0. The van der Waals surface area contributed by atoms with Gasteiger partial charge in [-0.3, -0.25) is 9.59 Å². The molecule has 0 bridgehead atoms. The summed E-state index contributed by atoms with van der Waals surface area (Å²) < 4.78 is 5.21. The second-order valence-corrected chi connectivity index (χ2v) is 9.18. The highest BCUT2D eigenvalue weighted by Gasteiger charge is 2.33. The standard InChI is InChI=1S/C26H34N4O3/c1-4-33-26(32)21-12-8-13-29(17-21)25(31)22-16-27-23(20-11-7-9-18(2)15-20)28-24(22)30-14-6-5-10-19(30)3/h7,9,11,15-16,19,21H,4-6,8,10,12-14,17H2,1-3H3/t19-,21-/m1/s1. The van der Waals surface area contributed by atoms with Gasteiger partial charge in [-0.2, -0.15) is 0 Å². The third kappa shape index (κ3) is 5.18. The summed E-state index contributed by atoms with van der Waals surface area (Å²) in [6, 6.07) is 8.42. The van der Waals surface area contributed by atoms with Gasteiger partial charge in [-0.05, 0) is 58.9 Å². The summed E-state index contributed by atoms with van der Waals surface area (Å²) in [5, 5.41) is 0. The van der Waals surface area contributed by atoms with Crippen molar-refractivity contribution in [1.82, 2.24) is 14.9 Å². The van der Waals surface area contributed by atoms with E-state index < -0.39 is 0 Å². The van der Waals surface area contributed by atoms with Crippen molar-refractivity contribution < 1.29 is 14.3 Å². The fraction of sp³-hybridized carbons (Fsp3) is 0.538. The largest absolute Gasteiger partial charge is 0.466 e. The molecule has 2 saturated heterocycles. The van der Waals surface area contributed by atoms with Crippen molar-refractivity contribution in [3.05, 3.63) is 41.6 Å². The lowest BCUT2D eigenvalue weighted by Crippen LogP contribution is -2.44. The first kappa shape index (κ1) is 23.2. The van der Waals surface area contributed by atoms with Gasteiger partial charge < -0.3 is 14.5 Å². The number of likely N-dealkylation sites (tertiary alicyclic amines) is 1. The summed E-state index contributed by atoms with van der Waals surface area (Å²) in [6.45, 7) is 8.29. The van der Waals surface area contributed by atoms with Gasteiger partial charge in [0.15, 0.2) is 5.82 Å². The van der Waals surface area contributed by atoms with Gasteiger partial charge in [0.05, 0.1) is 12.5 Å². The van der Waals surface area contributed by atoms with Gasteiger partial charge in [-0.1, -0.05) is 23.8 Å². The minimum atomic E-state index is -0.271. The normalized spacial score (nSPS) is 21.1. The number of ether oxygens (including phenoxy) is 1. The van der Waals surface area contributed by atoms with Gasteiger partial charge in [-0.25, -0.2) is 9.97 Å². The molecule has 0 spiro atoms. The molecule has 0 radical (unpaired) electrons. The Bertz CT molecular complexity index is 1010. The molecule has 2 aliphatic heterocycles. The Morgan fingerprint density at radius 3 is 2.76 bits per heavy atom. The number of aromatic nitrogens is 2. The van der Waals surface area contributed by atoms with E-state index in [0.29, 0.717) is 42.9 Å². The Balaban J connectivity index is 1.67. The summed E-state index contributed by atoms with van der Waals surface area (Å²) in [4.78, 5) is 39.5. The van der Waals surface area contributed by atoms with Gasteiger partial charge in [0.1, 0.15) is 11.4 Å². The molecule has 0 unspecified atom stereocenters. The molecule has 2 aromatic rings. The van der Waals surface area contributed by atoms with E-state index in [0.717, 1.165) is 43.4 Å². The first-order chi connectivity index (χ1) is 16.0. The monoisotopic (exact) mass is 450 g/mol. The number of carbonyl (C=O) groups is 2. The van der Waals surface area contributed by atoms with Crippen molar-refractivity contribution in [1.29, 1.82) is 0 Å². The Morgan fingerprint density at radius 2 is 2.00 bits per heavy atom. The maximum atomic E-state index is 13.7. The molecule has 2 atom stereocenters. The van der Waals surface area contributed by atoms with Crippen molar-refractivity contribution in [2.75, 3.05) is 31.1 Å². The fourth-order valence-electron chi connectivity index (χ4n) is 4.86. The molecular formula is C26H34N4O3. The molecule has 176 valence electrons. The fourth-order valence-corrected chi connectivity index (χ4v) is 4.86. The second-order valence-electron chi connectivity index (χ2n) is 9.18. The topological polar surface area (TPSA) is 75.6 Å². The van der Waals surface area contributed by atoms with Crippen LogP contribution in [0, 0.1) is 12.8 Å². The van der Waals surface area contributed by atoms with Crippen LogP contribution >= 0.6 is 0 Å². The molecule has 7 nitrogen and oxygen atoms in total. The van der Waals surface area contributed by atoms with Crippen molar-refractivity contribution in [3.63, 3.8) is 0 Å². The maximum Gasteiger partial charge on any atom is 0.310 e. The summed E-state index contributed by atoms with van der Waals surface area (Å²) in [6.07, 6.45) is 6.55. The summed E-state index contributed by atoms with van der Waals surface area (Å²) >= 11 is 0. The molecule has 0 aliphatic carbocycles. The van der Waals surface area contributed by atoms with Gasteiger partial charge in [0.25, 0.3) is 5.91 Å². The quantitative estimate of drug-likeness (QED) is 0.634. The van der Waals surface area contributed by atoms with Crippen LogP contribution in [-0.4, -0.2) is 59.0 Å². The SMILES string of the molecule is CCOC(=O)[C@@H]1CCCN(C(=O)c2cnc(-c3cccc(C)c3)nc2N2CCCC[C@H]2C)C1. The van der Waals surface area contributed by atoms with Crippen molar-refractivity contribution in [2.45, 2.75) is 58.9 Å². The van der Waals surface area contributed by atoms with Crippen LogP contribution in [-0.2, 0) is 9.53 Å². The Hall–Kier alpha value is -2.96. The highest BCUT2D eigenvalue weighted by molar-refractivity contribution is 5.99. The van der Waals surface area contributed by atoms with E-state index in [4.69, 9.17) is 9.72 Å². The summed E-state index contributed by atoms with van der Waals surface area (Å²) in [5.74, 6) is 0.744. The molecule has 2 fully saturated rings. The van der Waals surface area contributed by atoms with Crippen LogP contribution in [0.25, 0.3) is 11.4 Å². The molecule has 1 aromatic heterocycles. The second kappa shape index (κ2) is 10.3. The van der Waals surface area contributed by atoms with Gasteiger partial charge >= 0.3 is 5.97 Å². The zero-order chi connectivity index (χ0) is 23.4. The highest BCUT2D eigenvalue weighted by Crippen LogP contribution is 2.30. The molecule has 1 amide bonds. The number of hydrogen-bond acceptors (Lipinski definition) is 6. The Labute approximate surface area is 196 Å². The zero-order valence-electron chi connectivity index (χ0n) is 19.9. The van der Waals surface area contributed by atoms with Gasteiger partial charge in [0.2, 0.25) is 0 Å². The van der Waals surface area contributed by atoms with Crippen molar-refractivity contribution in [2.24, 2.45) is 5.92 Å². The van der Waals surface area contributed by atoms with Gasteiger partial charge in [0, 0.05) is 37.4 Å². The van der Waals surface area contributed by atoms with E-state index in [2.05, 4.69) is 22.9 Å². The first-order valence-corrected chi connectivity index (χ1v) is 12.1. The minimum Gasteiger partial charge on any atom is -0.466 e. The Kier molecular flexibility index (Phi) is 7.26.